The van der Waals surface area contributed by atoms with E-state index in [0.29, 0.717) is 5.56 Å². The van der Waals surface area contributed by atoms with E-state index in [9.17, 15) is 14.0 Å². The molecular weight excluding hydrogens is 349 g/mol. The lowest BCUT2D eigenvalue weighted by molar-refractivity contribution is -0.148. The molecule has 27 heavy (non-hydrogen) atoms. The minimum atomic E-state index is -0.591. The number of nitrogens with one attached hydrogen (secondary N) is 1. The summed E-state index contributed by atoms with van der Waals surface area (Å²) in [6.45, 7) is 1.55. The molecule has 0 aromatic heterocycles. The zero-order chi connectivity index (χ0) is 19.6. The molecule has 1 amide bonds. The van der Waals surface area contributed by atoms with Gasteiger partial charge in [0, 0.05) is 6.04 Å². The number of ether oxygens (including phenoxy) is 2. The van der Waals surface area contributed by atoms with Crippen LogP contribution in [0.4, 0.5) is 4.39 Å². The second kappa shape index (κ2) is 10.3. The zero-order valence-electron chi connectivity index (χ0n) is 15.5. The molecule has 0 aliphatic rings. The molecule has 5 nitrogen and oxygen atoms in total. The summed E-state index contributed by atoms with van der Waals surface area (Å²) in [6, 6.07) is 14.2. The number of amides is 1. The lowest BCUT2D eigenvalue weighted by atomic mass is 10.1. The van der Waals surface area contributed by atoms with Gasteiger partial charge in [0.1, 0.15) is 0 Å². The zero-order valence-corrected chi connectivity index (χ0v) is 15.5. The summed E-state index contributed by atoms with van der Waals surface area (Å²) in [5.41, 5.74) is 1.66. The van der Waals surface area contributed by atoms with E-state index in [0.717, 1.165) is 12.8 Å². The highest BCUT2D eigenvalue weighted by Gasteiger charge is 2.12. The van der Waals surface area contributed by atoms with Gasteiger partial charge in [-0.25, -0.2) is 4.39 Å². The van der Waals surface area contributed by atoms with Gasteiger partial charge >= 0.3 is 5.97 Å². The fourth-order valence-corrected chi connectivity index (χ4v) is 2.60. The smallest absolute Gasteiger partial charge is 0.310 e. The van der Waals surface area contributed by atoms with Crippen molar-refractivity contribution in [1.82, 2.24) is 5.32 Å². The average Bonchev–Trinajstić information content (AvgIpc) is 2.66. The first kappa shape index (κ1) is 20.4. The van der Waals surface area contributed by atoms with E-state index in [4.69, 9.17) is 9.47 Å². The quantitative estimate of drug-likeness (QED) is 0.686. The molecule has 0 aliphatic carbocycles. The van der Waals surface area contributed by atoms with Crippen LogP contribution >= 0.6 is 0 Å². The Balaban J connectivity index is 1.69. The second-order valence-corrected chi connectivity index (χ2v) is 6.30. The van der Waals surface area contributed by atoms with Crippen molar-refractivity contribution in [2.75, 3.05) is 13.7 Å². The predicted molar refractivity (Wildman–Crippen MR) is 100.0 cm³/mol. The van der Waals surface area contributed by atoms with Crippen molar-refractivity contribution in [2.45, 2.75) is 32.2 Å². The summed E-state index contributed by atoms with van der Waals surface area (Å²) in [5, 5.41) is 2.80. The molecule has 0 bridgehead atoms. The average molecular weight is 373 g/mol. The van der Waals surface area contributed by atoms with Gasteiger partial charge in [0.25, 0.3) is 5.91 Å². The number of aryl methyl sites for hydroxylation is 1. The van der Waals surface area contributed by atoms with Crippen LogP contribution in [0.1, 0.15) is 24.5 Å². The van der Waals surface area contributed by atoms with Gasteiger partial charge < -0.3 is 14.8 Å². The maximum absolute atomic E-state index is 13.6. The lowest BCUT2D eigenvalue weighted by Crippen LogP contribution is -2.36. The van der Waals surface area contributed by atoms with Crippen LogP contribution in [0.25, 0.3) is 0 Å². The molecule has 2 rings (SSSR count). The summed E-state index contributed by atoms with van der Waals surface area (Å²) < 4.78 is 23.4. The van der Waals surface area contributed by atoms with Crippen molar-refractivity contribution in [3.8, 4) is 5.75 Å². The summed E-state index contributed by atoms with van der Waals surface area (Å²) in [6.07, 6.45) is 1.53. The van der Waals surface area contributed by atoms with E-state index < -0.39 is 11.8 Å². The van der Waals surface area contributed by atoms with Crippen molar-refractivity contribution < 1.29 is 23.5 Å². The van der Waals surface area contributed by atoms with Crippen LogP contribution < -0.4 is 10.1 Å². The Bertz CT molecular complexity index is 764. The van der Waals surface area contributed by atoms with Crippen molar-refractivity contribution in [3.63, 3.8) is 0 Å². The normalized spacial score (nSPS) is 11.5. The standard InChI is InChI=1S/C21H24FNO4/c1-15(8-9-16-6-4-3-5-7-16)23-20(24)14-27-21(25)13-17-10-11-19(26-2)18(22)12-17/h3-7,10-12,15H,8-9,13-14H2,1-2H3,(H,23,24)/t15-/m0/s1. The molecule has 6 heteroatoms. The monoisotopic (exact) mass is 373 g/mol. The lowest BCUT2D eigenvalue weighted by Gasteiger charge is -2.14. The van der Waals surface area contributed by atoms with Crippen LogP contribution in [-0.2, 0) is 27.2 Å². The van der Waals surface area contributed by atoms with Gasteiger partial charge in [-0.05, 0) is 43.0 Å². The highest BCUT2D eigenvalue weighted by Crippen LogP contribution is 2.18. The SMILES string of the molecule is COc1ccc(CC(=O)OCC(=O)N[C@@H](C)CCc2ccccc2)cc1F. The number of esters is 1. The van der Waals surface area contributed by atoms with Gasteiger partial charge in [-0.3, -0.25) is 9.59 Å². The first-order valence-corrected chi connectivity index (χ1v) is 8.79. The maximum atomic E-state index is 13.6. The Morgan fingerprint density at radius 1 is 1.11 bits per heavy atom. The van der Waals surface area contributed by atoms with E-state index in [1.54, 1.807) is 6.07 Å². The number of carbonyl (C=O) groups is 2. The fourth-order valence-electron chi connectivity index (χ4n) is 2.60. The Hall–Kier alpha value is -2.89. The van der Waals surface area contributed by atoms with E-state index in [2.05, 4.69) is 5.32 Å². The van der Waals surface area contributed by atoms with E-state index in [1.165, 1.54) is 24.8 Å². The molecule has 0 saturated heterocycles. The van der Waals surface area contributed by atoms with Crippen molar-refractivity contribution in [3.05, 3.63) is 65.5 Å². The first-order valence-electron chi connectivity index (χ1n) is 8.79. The number of rotatable bonds is 9. The number of benzene rings is 2. The van der Waals surface area contributed by atoms with Gasteiger partial charge in [0.15, 0.2) is 18.2 Å². The number of hydrogen-bond donors (Lipinski definition) is 1. The number of carbonyl (C=O) groups excluding carboxylic acids is 2. The topological polar surface area (TPSA) is 64.6 Å². The number of hydrogen-bond acceptors (Lipinski definition) is 4. The molecule has 0 heterocycles. The third-order valence-corrected chi connectivity index (χ3v) is 4.05. The molecule has 2 aromatic rings. The molecule has 0 aliphatic heterocycles. The van der Waals surface area contributed by atoms with Gasteiger partial charge in [-0.15, -0.1) is 0 Å². The van der Waals surface area contributed by atoms with Gasteiger partial charge in [0.05, 0.1) is 13.5 Å². The number of methoxy groups -OCH3 is 1. The van der Waals surface area contributed by atoms with E-state index in [-0.39, 0.29) is 30.7 Å². The number of halogens is 1. The Kier molecular flexibility index (Phi) is 7.79. The largest absolute Gasteiger partial charge is 0.494 e. The van der Waals surface area contributed by atoms with Crippen LogP contribution in [-0.4, -0.2) is 31.6 Å². The third kappa shape index (κ3) is 7.09. The van der Waals surface area contributed by atoms with Gasteiger partial charge in [0.2, 0.25) is 0 Å². The molecular formula is C21H24FNO4. The summed E-state index contributed by atoms with van der Waals surface area (Å²) in [7, 11) is 1.37. The molecule has 1 atom stereocenters. The first-order chi connectivity index (χ1) is 13.0. The molecule has 0 saturated carbocycles. The van der Waals surface area contributed by atoms with E-state index in [1.807, 2.05) is 37.3 Å². The van der Waals surface area contributed by atoms with Crippen molar-refractivity contribution in [1.29, 1.82) is 0 Å². The minimum Gasteiger partial charge on any atom is -0.494 e. The third-order valence-electron chi connectivity index (χ3n) is 4.05. The molecule has 144 valence electrons. The van der Waals surface area contributed by atoms with Crippen molar-refractivity contribution >= 4 is 11.9 Å². The van der Waals surface area contributed by atoms with Gasteiger partial charge in [-0.2, -0.15) is 0 Å². The van der Waals surface area contributed by atoms with Crippen LogP contribution in [0.5, 0.6) is 5.75 Å². The highest BCUT2D eigenvalue weighted by atomic mass is 19.1. The van der Waals surface area contributed by atoms with E-state index >= 15 is 0 Å². The Morgan fingerprint density at radius 3 is 2.52 bits per heavy atom. The van der Waals surface area contributed by atoms with Crippen LogP contribution in [0.15, 0.2) is 48.5 Å². The summed E-state index contributed by atoms with van der Waals surface area (Å²) in [5.74, 6) is -1.39. The molecule has 0 unspecified atom stereocenters. The van der Waals surface area contributed by atoms with Gasteiger partial charge in [-0.1, -0.05) is 36.4 Å². The fraction of sp³-hybridized carbons (Fsp3) is 0.333. The molecule has 2 aromatic carbocycles. The molecule has 0 radical (unpaired) electrons. The molecule has 1 N–H and O–H groups in total. The summed E-state index contributed by atoms with van der Waals surface area (Å²) >= 11 is 0. The second-order valence-electron chi connectivity index (χ2n) is 6.30. The van der Waals surface area contributed by atoms with Crippen LogP contribution in [0.3, 0.4) is 0 Å². The maximum Gasteiger partial charge on any atom is 0.310 e. The highest BCUT2D eigenvalue weighted by molar-refractivity contribution is 5.81. The predicted octanol–water partition coefficient (Wildman–Crippen LogP) is 3.06. The van der Waals surface area contributed by atoms with Crippen LogP contribution in [0, 0.1) is 5.82 Å². The molecule has 0 spiro atoms. The van der Waals surface area contributed by atoms with Crippen LogP contribution in [0.2, 0.25) is 0 Å². The summed E-state index contributed by atoms with van der Waals surface area (Å²) in [4.78, 5) is 23.7. The van der Waals surface area contributed by atoms with Crippen molar-refractivity contribution in [2.24, 2.45) is 0 Å². The molecule has 0 fully saturated rings. The Labute approximate surface area is 158 Å². The Morgan fingerprint density at radius 2 is 1.85 bits per heavy atom. The minimum absolute atomic E-state index is 0.0351.